The normalized spacial score (nSPS) is 15.3. The molecule has 2 aromatic rings. The molecule has 6 heteroatoms. The molecule has 1 aliphatic heterocycles. The summed E-state index contributed by atoms with van der Waals surface area (Å²) in [5.74, 6) is -0.0216. The molecular weight excluding hydrogens is 358 g/mol. The van der Waals surface area contributed by atoms with Crippen LogP contribution in [0.2, 0.25) is 0 Å². The Kier molecular flexibility index (Phi) is 4.93. The van der Waals surface area contributed by atoms with Crippen LogP contribution in [0, 0.1) is 0 Å². The van der Waals surface area contributed by atoms with Crippen LogP contribution in [0.3, 0.4) is 0 Å². The lowest BCUT2D eigenvalue weighted by Crippen LogP contribution is -2.36. The van der Waals surface area contributed by atoms with Crippen LogP contribution in [0.15, 0.2) is 41.0 Å². The second-order valence-corrected chi connectivity index (χ2v) is 6.20. The molecule has 0 atom stereocenters. The maximum absolute atomic E-state index is 12.3. The van der Waals surface area contributed by atoms with Crippen LogP contribution in [-0.2, 0) is 11.8 Å². The maximum atomic E-state index is 12.3. The Hall–Kier alpha value is -1.92. The highest BCUT2D eigenvalue weighted by Crippen LogP contribution is 2.19. The minimum atomic E-state index is -0.0216. The number of aromatic nitrogens is 2. The van der Waals surface area contributed by atoms with Crippen LogP contribution in [-0.4, -0.2) is 41.9 Å². The van der Waals surface area contributed by atoms with Crippen molar-refractivity contribution in [2.75, 3.05) is 31.2 Å². The highest BCUT2D eigenvalue weighted by Gasteiger charge is 2.11. The van der Waals surface area contributed by atoms with E-state index in [2.05, 4.69) is 25.9 Å². The van der Waals surface area contributed by atoms with Gasteiger partial charge in [0.1, 0.15) is 0 Å². The molecule has 120 valence electrons. The number of nitrogens with zero attached hydrogens (tertiary/aromatic N) is 3. The third-order valence-electron chi connectivity index (χ3n) is 3.86. The predicted molar refractivity (Wildman–Crippen MR) is 93.7 cm³/mol. The number of hydrogen-bond acceptors (Lipinski definition) is 4. The monoisotopic (exact) mass is 375 g/mol. The minimum absolute atomic E-state index is 0.0216. The van der Waals surface area contributed by atoms with Gasteiger partial charge in [-0.15, -0.1) is 0 Å². The number of anilines is 1. The molecule has 23 heavy (non-hydrogen) atoms. The summed E-state index contributed by atoms with van der Waals surface area (Å²) < 4.78 is 7.94. The number of allylic oxidation sites excluding steroid dienone is 1. The Bertz CT molecular complexity index is 696. The third-order valence-corrected chi connectivity index (χ3v) is 4.47. The first-order valence-electron chi connectivity index (χ1n) is 7.48. The maximum Gasteiger partial charge on any atom is 0.185 e. The summed E-state index contributed by atoms with van der Waals surface area (Å²) in [6, 6.07) is 7.73. The van der Waals surface area contributed by atoms with Gasteiger partial charge < -0.3 is 9.64 Å². The summed E-state index contributed by atoms with van der Waals surface area (Å²) in [5, 5.41) is 4.12. The van der Waals surface area contributed by atoms with Gasteiger partial charge in [0.15, 0.2) is 5.78 Å². The Labute approximate surface area is 143 Å². The fourth-order valence-corrected chi connectivity index (χ4v) is 3.00. The number of ether oxygens (including phenoxy) is 1. The Morgan fingerprint density at radius 3 is 2.57 bits per heavy atom. The summed E-state index contributed by atoms with van der Waals surface area (Å²) in [6.45, 7) is 3.29. The number of carbonyl (C=O) groups excluding carboxylic acids is 1. The molecule has 0 N–H and O–H groups in total. The average Bonchev–Trinajstić information content (AvgIpc) is 2.92. The lowest BCUT2D eigenvalue weighted by atomic mass is 10.1. The zero-order chi connectivity index (χ0) is 16.2. The van der Waals surface area contributed by atoms with Crippen LogP contribution in [0.25, 0.3) is 6.08 Å². The molecule has 0 radical (unpaired) electrons. The highest BCUT2D eigenvalue weighted by molar-refractivity contribution is 9.10. The topological polar surface area (TPSA) is 47.4 Å². The highest BCUT2D eigenvalue weighted by atomic mass is 79.9. The second-order valence-electron chi connectivity index (χ2n) is 5.35. The first kappa shape index (κ1) is 16.0. The fourth-order valence-electron chi connectivity index (χ4n) is 2.52. The Morgan fingerprint density at radius 1 is 1.26 bits per heavy atom. The number of benzene rings is 1. The van der Waals surface area contributed by atoms with E-state index in [0.717, 1.165) is 42.2 Å². The van der Waals surface area contributed by atoms with E-state index in [1.165, 1.54) is 0 Å². The fraction of sp³-hybridized carbons (Fsp3) is 0.294. The number of aryl methyl sites for hydroxylation is 1. The summed E-state index contributed by atoms with van der Waals surface area (Å²) in [7, 11) is 1.84. The van der Waals surface area contributed by atoms with Gasteiger partial charge in [0.05, 0.1) is 29.6 Å². The molecule has 0 bridgehead atoms. The molecule has 0 aliphatic carbocycles. The third kappa shape index (κ3) is 3.71. The van der Waals surface area contributed by atoms with Crippen LogP contribution in [0.4, 0.5) is 5.69 Å². The van der Waals surface area contributed by atoms with Crippen molar-refractivity contribution in [3.8, 4) is 0 Å². The number of hydrogen-bond donors (Lipinski definition) is 0. The molecule has 0 saturated carbocycles. The van der Waals surface area contributed by atoms with Gasteiger partial charge in [-0.05, 0) is 52.3 Å². The average molecular weight is 376 g/mol. The zero-order valence-electron chi connectivity index (χ0n) is 12.9. The van der Waals surface area contributed by atoms with E-state index in [-0.39, 0.29) is 5.78 Å². The number of carbonyl (C=O) groups is 1. The first-order valence-corrected chi connectivity index (χ1v) is 8.27. The van der Waals surface area contributed by atoms with Crippen LogP contribution >= 0.6 is 15.9 Å². The van der Waals surface area contributed by atoms with Crippen LogP contribution in [0.1, 0.15) is 16.1 Å². The van der Waals surface area contributed by atoms with E-state index < -0.39 is 0 Å². The Balaban J connectivity index is 1.70. The van der Waals surface area contributed by atoms with Crippen LogP contribution in [0.5, 0.6) is 0 Å². The SMILES string of the molecule is Cn1ncc(Br)c1/C=C/C(=O)c1ccc(N2CCOCC2)cc1. The van der Waals surface area contributed by atoms with Crippen molar-refractivity contribution >= 4 is 33.5 Å². The molecule has 2 heterocycles. The molecule has 1 fully saturated rings. The number of halogens is 1. The molecular formula is C17H18BrN3O2. The summed E-state index contributed by atoms with van der Waals surface area (Å²) in [4.78, 5) is 14.5. The van der Waals surface area contributed by atoms with E-state index in [4.69, 9.17) is 4.74 Å². The van der Waals surface area contributed by atoms with E-state index >= 15 is 0 Å². The minimum Gasteiger partial charge on any atom is -0.378 e. The molecule has 0 unspecified atom stereocenters. The van der Waals surface area contributed by atoms with Crippen molar-refractivity contribution in [1.29, 1.82) is 0 Å². The van der Waals surface area contributed by atoms with Crippen molar-refractivity contribution in [2.24, 2.45) is 7.05 Å². The van der Waals surface area contributed by atoms with Gasteiger partial charge in [-0.2, -0.15) is 5.10 Å². The lowest BCUT2D eigenvalue weighted by molar-refractivity contribution is 0.104. The lowest BCUT2D eigenvalue weighted by Gasteiger charge is -2.28. The van der Waals surface area contributed by atoms with Gasteiger partial charge >= 0.3 is 0 Å². The van der Waals surface area contributed by atoms with Gasteiger partial charge in [0.2, 0.25) is 0 Å². The van der Waals surface area contributed by atoms with Crippen molar-refractivity contribution < 1.29 is 9.53 Å². The van der Waals surface area contributed by atoms with Crippen molar-refractivity contribution in [2.45, 2.75) is 0 Å². The molecule has 1 aromatic heterocycles. The molecule has 0 spiro atoms. The van der Waals surface area contributed by atoms with E-state index in [1.54, 1.807) is 23.0 Å². The largest absolute Gasteiger partial charge is 0.378 e. The zero-order valence-corrected chi connectivity index (χ0v) is 14.5. The summed E-state index contributed by atoms with van der Waals surface area (Å²) in [5.41, 5.74) is 2.67. The molecule has 0 amide bonds. The molecule has 1 aliphatic rings. The summed E-state index contributed by atoms with van der Waals surface area (Å²) in [6.07, 6.45) is 5.06. The second kappa shape index (κ2) is 7.10. The van der Waals surface area contributed by atoms with E-state index in [1.807, 2.05) is 31.3 Å². The number of rotatable bonds is 4. The standard InChI is InChI=1S/C17H18BrN3O2/c1-20-16(15(18)12-19-20)6-7-17(22)13-2-4-14(5-3-13)21-8-10-23-11-9-21/h2-7,12H,8-11H2,1H3/b7-6+. The van der Waals surface area contributed by atoms with Gasteiger partial charge in [-0.3, -0.25) is 9.48 Å². The quantitative estimate of drug-likeness (QED) is 0.608. The molecule has 1 aromatic carbocycles. The van der Waals surface area contributed by atoms with Gasteiger partial charge in [-0.25, -0.2) is 0 Å². The molecule has 5 nitrogen and oxygen atoms in total. The van der Waals surface area contributed by atoms with Crippen molar-refractivity contribution in [3.63, 3.8) is 0 Å². The van der Waals surface area contributed by atoms with E-state index in [9.17, 15) is 4.79 Å². The van der Waals surface area contributed by atoms with Crippen molar-refractivity contribution in [1.82, 2.24) is 9.78 Å². The summed E-state index contributed by atoms with van der Waals surface area (Å²) >= 11 is 3.42. The van der Waals surface area contributed by atoms with Crippen LogP contribution < -0.4 is 4.90 Å². The van der Waals surface area contributed by atoms with E-state index in [0.29, 0.717) is 5.56 Å². The van der Waals surface area contributed by atoms with Crippen molar-refractivity contribution in [3.05, 3.63) is 52.3 Å². The predicted octanol–water partition coefficient (Wildman–Crippen LogP) is 2.92. The molecule has 3 rings (SSSR count). The Morgan fingerprint density at radius 2 is 1.96 bits per heavy atom. The number of ketones is 1. The first-order chi connectivity index (χ1) is 11.1. The smallest absolute Gasteiger partial charge is 0.185 e. The van der Waals surface area contributed by atoms with Gasteiger partial charge in [0.25, 0.3) is 0 Å². The molecule has 1 saturated heterocycles. The number of morpholine rings is 1. The van der Waals surface area contributed by atoms with Gasteiger partial charge in [0, 0.05) is 31.4 Å². The van der Waals surface area contributed by atoms with Gasteiger partial charge in [-0.1, -0.05) is 0 Å².